The molecule has 0 atom stereocenters. The molecule has 2 aromatic heterocycles. The largest absolute Gasteiger partial charge is 0.495 e. The molecule has 3 rings (SSSR count). The van der Waals surface area contributed by atoms with E-state index in [9.17, 15) is 4.79 Å². The van der Waals surface area contributed by atoms with E-state index in [0.717, 1.165) is 5.56 Å². The maximum Gasteiger partial charge on any atom is 0.277 e. The highest BCUT2D eigenvalue weighted by Gasteiger charge is 2.14. The van der Waals surface area contributed by atoms with Gasteiger partial charge in [0, 0.05) is 29.7 Å². The third-order valence-electron chi connectivity index (χ3n) is 3.10. The summed E-state index contributed by atoms with van der Waals surface area (Å²) in [4.78, 5) is 16.2. The number of methoxy groups -OCH3 is 1. The molecule has 0 saturated carbocycles. The molecule has 0 radical (unpaired) electrons. The van der Waals surface area contributed by atoms with Gasteiger partial charge >= 0.3 is 0 Å². The summed E-state index contributed by atoms with van der Waals surface area (Å²) in [5, 5.41) is 6.87. The summed E-state index contributed by atoms with van der Waals surface area (Å²) in [5.41, 5.74) is 1.44. The van der Waals surface area contributed by atoms with E-state index in [1.54, 1.807) is 42.7 Å². The van der Waals surface area contributed by atoms with Crippen molar-refractivity contribution in [3.63, 3.8) is 0 Å². The minimum Gasteiger partial charge on any atom is -0.495 e. The summed E-state index contributed by atoms with van der Waals surface area (Å²) in [6.45, 7) is 0. The van der Waals surface area contributed by atoms with Gasteiger partial charge in [0.1, 0.15) is 5.75 Å². The Hall–Kier alpha value is -2.86. The molecule has 0 bridgehead atoms. The van der Waals surface area contributed by atoms with Crippen molar-refractivity contribution in [3.05, 3.63) is 59.5 Å². The Kier molecular flexibility index (Phi) is 4.25. The van der Waals surface area contributed by atoms with Crippen LogP contribution >= 0.6 is 11.6 Å². The highest BCUT2D eigenvalue weighted by Crippen LogP contribution is 2.27. The molecule has 0 aliphatic rings. The number of nitrogens with one attached hydrogen (secondary N) is 1. The van der Waals surface area contributed by atoms with Crippen molar-refractivity contribution in [2.24, 2.45) is 0 Å². The number of halogens is 1. The number of rotatable bonds is 4. The van der Waals surface area contributed by atoms with Crippen molar-refractivity contribution in [2.75, 3.05) is 12.4 Å². The van der Waals surface area contributed by atoms with Crippen molar-refractivity contribution in [1.29, 1.82) is 0 Å². The molecule has 6 nitrogen and oxygen atoms in total. The lowest BCUT2D eigenvalue weighted by Crippen LogP contribution is -2.12. The zero-order valence-electron chi connectivity index (χ0n) is 12.1. The predicted octanol–water partition coefficient (Wildman–Crippen LogP) is 3.65. The van der Waals surface area contributed by atoms with Gasteiger partial charge in [-0.25, -0.2) is 0 Å². The van der Waals surface area contributed by atoms with Crippen LogP contribution in [0.5, 0.6) is 5.75 Å². The van der Waals surface area contributed by atoms with Gasteiger partial charge in [-0.2, -0.15) is 0 Å². The Morgan fingerprint density at radius 3 is 2.87 bits per heavy atom. The number of aromatic nitrogens is 2. The molecule has 0 aliphatic heterocycles. The Bertz CT molecular complexity index is 834. The van der Waals surface area contributed by atoms with E-state index >= 15 is 0 Å². The summed E-state index contributed by atoms with van der Waals surface area (Å²) in [6.07, 6.45) is 3.28. The van der Waals surface area contributed by atoms with Crippen molar-refractivity contribution >= 4 is 23.2 Å². The zero-order valence-corrected chi connectivity index (χ0v) is 12.9. The van der Waals surface area contributed by atoms with Gasteiger partial charge in [0.25, 0.3) is 5.91 Å². The lowest BCUT2D eigenvalue weighted by atomic mass is 10.2. The van der Waals surface area contributed by atoms with E-state index in [0.29, 0.717) is 22.2 Å². The Labute approximate surface area is 137 Å². The van der Waals surface area contributed by atoms with E-state index in [4.69, 9.17) is 20.9 Å². The summed E-state index contributed by atoms with van der Waals surface area (Å²) in [7, 11) is 1.52. The molecule has 116 valence electrons. The molecule has 2 heterocycles. The fourth-order valence-electron chi connectivity index (χ4n) is 1.97. The fraction of sp³-hybridized carbons (Fsp3) is 0.0625. The monoisotopic (exact) mass is 329 g/mol. The number of hydrogen-bond acceptors (Lipinski definition) is 5. The molecule has 1 amide bonds. The highest BCUT2D eigenvalue weighted by molar-refractivity contribution is 6.32. The SMILES string of the molecule is COc1ccc(NC(=O)c2cc(-c3cccnc3)on2)cc1Cl. The quantitative estimate of drug-likeness (QED) is 0.790. The van der Waals surface area contributed by atoms with Gasteiger partial charge in [-0.1, -0.05) is 16.8 Å². The molecule has 23 heavy (non-hydrogen) atoms. The molecule has 1 aromatic carbocycles. The molecule has 0 saturated heterocycles. The van der Waals surface area contributed by atoms with Gasteiger partial charge in [0.2, 0.25) is 0 Å². The number of benzene rings is 1. The predicted molar refractivity (Wildman–Crippen MR) is 85.7 cm³/mol. The van der Waals surface area contributed by atoms with Crippen LogP contribution in [0.4, 0.5) is 5.69 Å². The van der Waals surface area contributed by atoms with Gasteiger partial charge in [-0.05, 0) is 30.3 Å². The Morgan fingerprint density at radius 2 is 2.17 bits per heavy atom. The smallest absolute Gasteiger partial charge is 0.277 e. The first-order chi connectivity index (χ1) is 11.2. The van der Waals surface area contributed by atoms with Crippen LogP contribution in [-0.2, 0) is 0 Å². The third-order valence-corrected chi connectivity index (χ3v) is 3.39. The number of carbonyl (C=O) groups excluding carboxylic acids is 1. The van der Waals surface area contributed by atoms with E-state index in [1.807, 2.05) is 6.07 Å². The first-order valence-corrected chi connectivity index (χ1v) is 7.07. The first-order valence-electron chi connectivity index (χ1n) is 6.69. The standard InChI is InChI=1S/C16H12ClN3O3/c1-22-14-5-4-11(7-12(14)17)19-16(21)13-8-15(23-20-13)10-3-2-6-18-9-10/h2-9H,1H3,(H,19,21). The number of anilines is 1. The number of ether oxygens (including phenoxy) is 1. The Morgan fingerprint density at radius 1 is 1.30 bits per heavy atom. The van der Waals surface area contributed by atoms with Crippen LogP contribution in [0.3, 0.4) is 0 Å². The Balaban J connectivity index is 1.76. The number of pyridine rings is 1. The maximum atomic E-state index is 12.2. The summed E-state index contributed by atoms with van der Waals surface area (Å²) in [5.74, 6) is 0.603. The van der Waals surface area contributed by atoms with Crippen LogP contribution in [0.2, 0.25) is 5.02 Å². The topological polar surface area (TPSA) is 77.2 Å². The van der Waals surface area contributed by atoms with E-state index in [2.05, 4.69) is 15.5 Å². The highest BCUT2D eigenvalue weighted by atomic mass is 35.5. The number of hydrogen-bond donors (Lipinski definition) is 1. The number of nitrogens with zero attached hydrogens (tertiary/aromatic N) is 2. The molecule has 0 unspecified atom stereocenters. The third kappa shape index (κ3) is 3.32. The molecular weight excluding hydrogens is 318 g/mol. The fourth-order valence-corrected chi connectivity index (χ4v) is 2.22. The van der Waals surface area contributed by atoms with Crippen LogP contribution in [-0.4, -0.2) is 23.2 Å². The average molecular weight is 330 g/mol. The average Bonchev–Trinajstić information content (AvgIpc) is 3.06. The van der Waals surface area contributed by atoms with Crippen molar-refractivity contribution in [1.82, 2.24) is 10.1 Å². The molecule has 3 aromatic rings. The minimum atomic E-state index is -0.398. The van der Waals surface area contributed by atoms with Crippen molar-refractivity contribution < 1.29 is 14.1 Å². The molecular formula is C16H12ClN3O3. The second-order valence-electron chi connectivity index (χ2n) is 4.62. The van der Waals surface area contributed by atoms with Gasteiger partial charge in [-0.15, -0.1) is 0 Å². The zero-order chi connectivity index (χ0) is 16.2. The van der Waals surface area contributed by atoms with Gasteiger partial charge < -0.3 is 14.6 Å². The molecule has 0 aliphatic carbocycles. The van der Waals surface area contributed by atoms with Crippen LogP contribution in [0.15, 0.2) is 53.3 Å². The lowest BCUT2D eigenvalue weighted by molar-refractivity contribution is 0.101. The maximum absolute atomic E-state index is 12.2. The summed E-state index contributed by atoms with van der Waals surface area (Å²) in [6, 6.07) is 10.1. The van der Waals surface area contributed by atoms with E-state index in [1.165, 1.54) is 7.11 Å². The van der Waals surface area contributed by atoms with Crippen molar-refractivity contribution in [3.8, 4) is 17.1 Å². The lowest BCUT2D eigenvalue weighted by Gasteiger charge is -2.06. The molecule has 7 heteroatoms. The minimum absolute atomic E-state index is 0.163. The second kappa shape index (κ2) is 6.50. The second-order valence-corrected chi connectivity index (χ2v) is 5.03. The summed E-state index contributed by atoms with van der Waals surface area (Å²) < 4.78 is 10.2. The van der Waals surface area contributed by atoms with Crippen molar-refractivity contribution in [2.45, 2.75) is 0 Å². The van der Waals surface area contributed by atoms with Gasteiger partial charge in [-0.3, -0.25) is 9.78 Å². The van der Waals surface area contributed by atoms with Crippen LogP contribution in [0.1, 0.15) is 10.5 Å². The van der Waals surface area contributed by atoms with E-state index < -0.39 is 5.91 Å². The normalized spacial score (nSPS) is 10.3. The molecule has 0 spiro atoms. The molecule has 1 N–H and O–H groups in total. The number of carbonyl (C=O) groups is 1. The van der Waals surface area contributed by atoms with Gasteiger partial charge in [0.15, 0.2) is 11.5 Å². The summed E-state index contributed by atoms with van der Waals surface area (Å²) >= 11 is 6.03. The van der Waals surface area contributed by atoms with Crippen LogP contribution in [0, 0.1) is 0 Å². The first kappa shape index (κ1) is 15.1. The van der Waals surface area contributed by atoms with Crippen LogP contribution < -0.4 is 10.1 Å². The van der Waals surface area contributed by atoms with Gasteiger partial charge in [0.05, 0.1) is 12.1 Å². The van der Waals surface area contributed by atoms with E-state index in [-0.39, 0.29) is 5.69 Å². The number of amides is 1. The van der Waals surface area contributed by atoms with Crippen LogP contribution in [0.25, 0.3) is 11.3 Å². The molecule has 0 fully saturated rings.